The summed E-state index contributed by atoms with van der Waals surface area (Å²) in [6.45, 7) is 4.18. The van der Waals surface area contributed by atoms with E-state index in [1.165, 1.54) is 0 Å². The summed E-state index contributed by atoms with van der Waals surface area (Å²) >= 11 is 5.84. The molecule has 0 saturated heterocycles. The van der Waals surface area contributed by atoms with Crippen molar-refractivity contribution >= 4 is 11.6 Å². The second kappa shape index (κ2) is 3.75. The number of rotatable bonds is 1. The van der Waals surface area contributed by atoms with Crippen LogP contribution in [0.15, 0.2) is 0 Å². The van der Waals surface area contributed by atoms with E-state index in [4.69, 9.17) is 11.6 Å². The lowest BCUT2D eigenvalue weighted by molar-refractivity contribution is 0.129. The van der Waals surface area contributed by atoms with E-state index in [0.717, 1.165) is 12.8 Å². The SMILES string of the molecule is CC(C)C1CCC(Cl)CC1F. The molecule has 66 valence electrons. The molecule has 1 aliphatic carbocycles. The molecule has 0 spiro atoms. The van der Waals surface area contributed by atoms with Gasteiger partial charge in [0.15, 0.2) is 0 Å². The van der Waals surface area contributed by atoms with Gasteiger partial charge in [0.25, 0.3) is 0 Å². The summed E-state index contributed by atoms with van der Waals surface area (Å²) in [6.07, 6.45) is 1.86. The zero-order valence-corrected chi connectivity index (χ0v) is 7.94. The highest BCUT2D eigenvalue weighted by atomic mass is 35.5. The van der Waals surface area contributed by atoms with Gasteiger partial charge in [-0.15, -0.1) is 11.6 Å². The maximum absolute atomic E-state index is 13.3. The zero-order valence-electron chi connectivity index (χ0n) is 7.19. The third-order valence-corrected chi connectivity index (χ3v) is 3.01. The van der Waals surface area contributed by atoms with Crippen molar-refractivity contribution < 1.29 is 4.39 Å². The summed E-state index contributed by atoms with van der Waals surface area (Å²) in [4.78, 5) is 0. The van der Waals surface area contributed by atoms with Crippen molar-refractivity contribution in [3.05, 3.63) is 0 Å². The van der Waals surface area contributed by atoms with Crippen molar-refractivity contribution in [2.24, 2.45) is 11.8 Å². The maximum Gasteiger partial charge on any atom is 0.105 e. The first-order valence-electron chi connectivity index (χ1n) is 4.39. The Morgan fingerprint density at radius 2 is 2.00 bits per heavy atom. The average molecular weight is 179 g/mol. The van der Waals surface area contributed by atoms with Crippen molar-refractivity contribution in [3.8, 4) is 0 Å². The quantitative estimate of drug-likeness (QED) is 0.540. The highest BCUT2D eigenvalue weighted by Crippen LogP contribution is 2.34. The first kappa shape index (κ1) is 9.31. The Labute approximate surface area is 73.1 Å². The molecule has 0 bridgehead atoms. The monoisotopic (exact) mass is 178 g/mol. The van der Waals surface area contributed by atoms with Crippen molar-refractivity contribution in [3.63, 3.8) is 0 Å². The largest absolute Gasteiger partial charge is 0.247 e. The van der Waals surface area contributed by atoms with Gasteiger partial charge in [-0.25, -0.2) is 4.39 Å². The van der Waals surface area contributed by atoms with Gasteiger partial charge in [-0.05, 0) is 31.1 Å². The summed E-state index contributed by atoms with van der Waals surface area (Å²) in [6, 6.07) is 0. The minimum atomic E-state index is -0.661. The van der Waals surface area contributed by atoms with Crippen molar-refractivity contribution in [2.45, 2.75) is 44.7 Å². The minimum Gasteiger partial charge on any atom is -0.247 e. The first-order valence-corrected chi connectivity index (χ1v) is 4.83. The lowest BCUT2D eigenvalue weighted by atomic mass is 9.80. The first-order chi connectivity index (χ1) is 5.11. The third kappa shape index (κ3) is 2.33. The summed E-state index contributed by atoms with van der Waals surface area (Å²) in [5.41, 5.74) is 0. The Kier molecular flexibility index (Phi) is 3.17. The Balaban J connectivity index is 2.44. The van der Waals surface area contributed by atoms with Crippen LogP contribution in [0.25, 0.3) is 0 Å². The number of halogens is 2. The van der Waals surface area contributed by atoms with Gasteiger partial charge in [-0.1, -0.05) is 13.8 Å². The van der Waals surface area contributed by atoms with Gasteiger partial charge in [0.2, 0.25) is 0 Å². The van der Waals surface area contributed by atoms with Gasteiger partial charge in [0.05, 0.1) is 0 Å². The molecule has 0 aromatic heterocycles. The van der Waals surface area contributed by atoms with Gasteiger partial charge in [-0.3, -0.25) is 0 Å². The Morgan fingerprint density at radius 1 is 1.36 bits per heavy atom. The summed E-state index contributed by atoms with van der Waals surface area (Å²) in [5.74, 6) is 0.721. The zero-order chi connectivity index (χ0) is 8.43. The van der Waals surface area contributed by atoms with Crippen LogP contribution >= 0.6 is 11.6 Å². The fraction of sp³-hybridized carbons (Fsp3) is 1.00. The molecular formula is C9H16ClF. The van der Waals surface area contributed by atoms with E-state index in [1.54, 1.807) is 0 Å². The Hall–Kier alpha value is 0.220. The van der Waals surface area contributed by atoms with Crippen molar-refractivity contribution in [1.82, 2.24) is 0 Å². The highest BCUT2D eigenvalue weighted by Gasteiger charge is 2.31. The third-order valence-electron chi connectivity index (χ3n) is 2.62. The van der Waals surface area contributed by atoms with E-state index < -0.39 is 6.17 Å². The number of alkyl halides is 2. The molecule has 1 aliphatic rings. The van der Waals surface area contributed by atoms with Crippen LogP contribution in [0.4, 0.5) is 4.39 Å². The number of hydrogen-bond acceptors (Lipinski definition) is 0. The van der Waals surface area contributed by atoms with Gasteiger partial charge in [0, 0.05) is 5.38 Å². The van der Waals surface area contributed by atoms with Crippen LogP contribution in [0.2, 0.25) is 0 Å². The molecule has 0 heterocycles. The van der Waals surface area contributed by atoms with Gasteiger partial charge in [-0.2, -0.15) is 0 Å². The Bertz CT molecular complexity index is 125. The second-order valence-corrected chi connectivity index (χ2v) is 4.45. The molecule has 0 amide bonds. The topological polar surface area (TPSA) is 0 Å². The average Bonchev–Trinajstić information content (AvgIpc) is 1.85. The molecule has 3 unspecified atom stereocenters. The molecule has 0 aromatic carbocycles. The van der Waals surface area contributed by atoms with Crippen LogP contribution in [-0.2, 0) is 0 Å². The normalized spacial score (nSPS) is 39.5. The number of hydrogen-bond donors (Lipinski definition) is 0. The van der Waals surface area contributed by atoms with Crippen molar-refractivity contribution in [2.75, 3.05) is 0 Å². The molecule has 1 fully saturated rings. The fourth-order valence-electron chi connectivity index (χ4n) is 1.84. The molecule has 0 radical (unpaired) electrons. The fourth-order valence-corrected chi connectivity index (χ4v) is 2.14. The molecule has 11 heavy (non-hydrogen) atoms. The summed E-state index contributed by atoms with van der Waals surface area (Å²) in [5, 5.41) is 0.0833. The van der Waals surface area contributed by atoms with Crippen LogP contribution < -0.4 is 0 Å². The molecule has 2 heteroatoms. The van der Waals surface area contributed by atoms with E-state index in [0.29, 0.717) is 12.3 Å². The van der Waals surface area contributed by atoms with E-state index >= 15 is 0 Å². The van der Waals surface area contributed by atoms with Crippen LogP contribution in [0.3, 0.4) is 0 Å². The van der Waals surface area contributed by atoms with Gasteiger partial charge in [0.1, 0.15) is 6.17 Å². The van der Waals surface area contributed by atoms with E-state index in [-0.39, 0.29) is 11.3 Å². The molecule has 0 nitrogen and oxygen atoms in total. The second-order valence-electron chi connectivity index (χ2n) is 3.83. The van der Waals surface area contributed by atoms with Crippen LogP contribution in [0.5, 0.6) is 0 Å². The van der Waals surface area contributed by atoms with Crippen LogP contribution in [-0.4, -0.2) is 11.5 Å². The molecule has 0 N–H and O–H groups in total. The summed E-state index contributed by atoms with van der Waals surface area (Å²) < 4.78 is 13.3. The molecular weight excluding hydrogens is 163 g/mol. The Morgan fingerprint density at radius 3 is 2.45 bits per heavy atom. The van der Waals surface area contributed by atoms with Crippen molar-refractivity contribution in [1.29, 1.82) is 0 Å². The molecule has 1 rings (SSSR count). The van der Waals surface area contributed by atoms with E-state index in [1.807, 2.05) is 0 Å². The van der Waals surface area contributed by atoms with Crippen LogP contribution in [0.1, 0.15) is 33.1 Å². The van der Waals surface area contributed by atoms with Crippen LogP contribution in [0, 0.1) is 11.8 Å². The highest BCUT2D eigenvalue weighted by molar-refractivity contribution is 6.20. The lowest BCUT2D eigenvalue weighted by Gasteiger charge is -2.31. The minimum absolute atomic E-state index is 0.0833. The molecule has 1 saturated carbocycles. The smallest absolute Gasteiger partial charge is 0.105 e. The molecule has 0 aromatic rings. The molecule has 0 aliphatic heterocycles. The predicted octanol–water partition coefficient (Wildman–Crippen LogP) is 3.39. The standard InChI is InChI=1S/C9H16ClF/c1-6(2)8-4-3-7(10)5-9(8)11/h6-9H,3-5H2,1-2H3. The van der Waals surface area contributed by atoms with E-state index in [9.17, 15) is 4.39 Å². The maximum atomic E-state index is 13.3. The van der Waals surface area contributed by atoms with Gasteiger partial charge < -0.3 is 0 Å². The lowest BCUT2D eigenvalue weighted by Crippen LogP contribution is -2.29. The molecule has 3 atom stereocenters. The predicted molar refractivity (Wildman–Crippen MR) is 46.7 cm³/mol. The van der Waals surface area contributed by atoms with E-state index in [2.05, 4.69) is 13.8 Å². The van der Waals surface area contributed by atoms with Gasteiger partial charge >= 0.3 is 0 Å². The summed E-state index contributed by atoms with van der Waals surface area (Å²) in [7, 11) is 0.